The normalized spacial score (nSPS) is 14.1. The first-order valence-corrected chi connectivity index (χ1v) is 6.74. The summed E-state index contributed by atoms with van der Waals surface area (Å²) in [6.07, 6.45) is 4.22. The third-order valence-corrected chi connectivity index (χ3v) is 3.07. The first kappa shape index (κ1) is 12.7. The lowest BCUT2D eigenvalue weighted by atomic mass is 10.3. The van der Waals surface area contributed by atoms with Gasteiger partial charge >= 0.3 is 0 Å². The molecule has 0 saturated heterocycles. The molecule has 3 N–H and O–H groups in total. The minimum atomic E-state index is 0.580. The Labute approximate surface area is 117 Å². The van der Waals surface area contributed by atoms with Crippen molar-refractivity contribution in [2.75, 3.05) is 17.2 Å². The molecule has 0 amide bonds. The van der Waals surface area contributed by atoms with Crippen LogP contribution in [0.1, 0.15) is 31.4 Å². The van der Waals surface area contributed by atoms with Gasteiger partial charge in [0.15, 0.2) is 5.82 Å². The van der Waals surface area contributed by atoms with Crippen LogP contribution >= 0.6 is 0 Å². The Morgan fingerprint density at radius 1 is 1.45 bits per heavy atom. The first-order chi connectivity index (χ1) is 9.70. The van der Waals surface area contributed by atoms with Gasteiger partial charge in [-0.05, 0) is 25.8 Å². The van der Waals surface area contributed by atoms with Gasteiger partial charge in [-0.3, -0.25) is 5.10 Å². The fourth-order valence-electron chi connectivity index (χ4n) is 1.88. The highest BCUT2D eigenvalue weighted by atomic mass is 15.2. The van der Waals surface area contributed by atoms with E-state index in [1.807, 2.05) is 19.1 Å². The van der Waals surface area contributed by atoms with Crippen molar-refractivity contribution in [3.05, 3.63) is 36.2 Å². The Morgan fingerprint density at radius 2 is 2.30 bits per heavy atom. The highest BCUT2D eigenvalue weighted by molar-refractivity contribution is 5.53. The number of nitrogens with one attached hydrogen (secondary N) is 3. The maximum atomic E-state index is 4.38. The van der Waals surface area contributed by atoms with Gasteiger partial charge in [0, 0.05) is 30.4 Å². The molecule has 0 atom stereocenters. The minimum absolute atomic E-state index is 0.580. The second kappa shape index (κ2) is 5.32. The summed E-state index contributed by atoms with van der Waals surface area (Å²) in [4.78, 5) is 8.55. The number of anilines is 3. The van der Waals surface area contributed by atoms with Crippen molar-refractivity contribution in [2.24, 2.45) is 0 Å². The van der Waals surface area contributed by atoms with Gasteiger partial charge in [-0.2, -0.15) is 10.1 Å². The quantitative estimate of drug-likeness (QED) is 0.703. The van der Waals surface area contributed by atoms with Gasteiger partial charge in [-0.1, -0.05) is 12.2 Å². The van der Waals surface area contributed by atoms with Crippen LogP contribution in [0, 0.1) is 0 Å². The van der Waals surface area contributed by atoms with Crippen molar-refractivity contribution in [3.8, 4) is 0 Å². The van der Waals surface area contributed by atoms with Crippen molar-refractivity contribution >= 4 is 17.6 Å². The minimum Gasteiger partial charge on any atom is -0.350 e. The van der Waals surface area contributed by atoms with E-state index in [0.717, 1.165) is 17.2 Å². The van der Waals surface area contributed by atoms with Crippen molar-refractivity contribution in [1.82, 2.24) is 20.2 Å². The molecule has 0 bridgehead atoms. The van der Waals surface area contributed by atoms with E-state index in [-0.39, 0.29) is 0 Å². The van der Waals surface area contributed by atoms with Crippen molar-refractivity contribution in [1.29, 1.82) is 0 Å². The molecule has 6 nitrogen and oxygen atoms in total. The second-order valence-corrected chi connectivity index (χ2v) is 5.18. The molecule has 2 heterocycles. The molecule has 1 aliphatic carbocycles. The number of aromatic nitrogens is 4. The van der Waals surface area contributed by atoms with Gasteiger partial charge in [-0.25, -0.2) is 4.98 Å². The van der Waals surface area contributed by atoms with Gasteiger partial charge in [-0.15, -0.1) is 0 Å². The molecule has 0 radical (unpaired) electrons. The third kappa shape index (κ3) is 3.14. The third-order valence-electron chi connectivity index (χ3n) is 3.07. The van der Waals surface area contributed by atoms with E-state index in [9.17, 15) is 0 Å². The van der Waals surface area contributed by atoms with Crippen LogP contribution in [0.3, 0.4) is 0 Å². The summed E-state index contributed by atoms with van der Waals surface area (Å²) in [5, 5.41) is 13.6. The van der Waals surface area contributed by atoms with E-state index in [1.54, 1.807) is 6.20 Å². The molecule has 1 fully saturated rings. The van der Waals surface area contributed by atoms with Crippen LogP contribution in [0.2, 0.25) is 0 Å². The number of hydrogen-bond acceptors (Lipinski definition) is 5. The molecular formula is C14H18N6. The number of nitrogens with zero attached hydrogens (tertiary/aromatic N) is 3. The highest BCUT2D eigenvalue weighted by Crippen LogP contribution is 2.39. The molecule has 6 heteroatoms. The smallest absolute Gasteiger partial charge is 0.224 e. The van der Waals surface area contributed by atoms with Crippen LogP contribution in [0.4, 0.5) is 17.6 Å². The maximum Gasteiger partial charge on any atom is 0.224 e. The van der Waals surface area contributed by atoms with E-state index >= 15 is 0 Å². The van der Waals surface area contributed by atoms with Crippen LogP contribution < -0.4 is 10.6 Å². The summed E-state index contributed by atoms with van der Waals surface area (Å²) in [7, 11) is 0. The summed E-state index contributed by atoms with van der Waals surface area (Å²) in [5.41, 5.74) is 2.23. The van der Waals surface area contributed by atoms with E-state index in [1.165, 1.54) is 18.5 Å². The summed E-state index contributed by atoms with van der Waals surface area (Å²) in [6, 6.07) is 3.86. The fourth-order valence-corrected chi connectivity index (χ4v) is 1.88. The molecule has 0 aromatic carbocycles. The van der Waals surface area contributed by atoms with E-state index in [0.29, 0.717) is 18.4 Å². The average molecular weight is 270 g/mol. The van der Waals surface area contributed by atoms with Gasteiger partial charge in [0.25, 0.3) is 0 Å². The number of rotatable bonds is 6. The predicted octanol–water partition coefficient (Wildman–Crippen LogP) is 2.81. The van der Waals surface area contributed by atoms with Crippen LogP contribution in [-0.2, 0) is 0 Å². The maximum absolute atomic E-state index is 4.38. The standard InChI is InChI=1S/C14H18N6/c1-9(2)8-16-14-15-6-5-12(18-14)17-13-7-11(19-20-13)10-3-4-10/h5-7,10H,1,3-4,8H2,2H3,(H3,15,16,17,18,19,20). The lowest BCUT2D eigenvalue weighted by molar-refractivity contribution is 0.966. The molecule has 3 rings (SSSR count). The first-order valence-electron chi connectivity index (χ1n) is 6.74. The monoisotopic (exact) mass is 270 g/mol. The Bertz CT molecular complexity index is 614. The topological polar surface area (TPSA) is 78.5 Å². The van der Waals surface area contributed by atoms with Crippen molar-refractivity contribution < 1.29 is 0 Å². The van der Waals surface area contributed by atoms with Gasteiger partial charge in [0.05, 0.1) is 0 Å². The van der Waals surface area contributed by atoms with Crippen molar-refractivity contribution in [2.45, 2.75) is 25.7 Å². The Hall–Kier alpha value is -2.37. The van der Waals surface area contributed by atoms with E-state index in [4.69, 9.17) is 0 Å². The van der Waals surface area contributed by atoms with Crippen LogP contribution in [0.25, 0.3) is 0 Å². The van der Waals surface area contributed by atoms with Gasteiger partial charge < -0.3 is 10.6 Å². The summed E-state index contributed by atoms with van der Waals surface area (Å²) in [5.74, 6) is 2.75. The molecule has 1 saturated carbocycles. The Kier molecular flexibility index (Phi) is 3.37. The largest absolute Gasteiger partial charge is 0.350 e. The SMILES string of the molecule is C=C(C)CNc1nccc(Nc2cc(C3CC3)[nH]n2)n1. The van der Waals surface area contributed by atoms with Gasteiger partial charge in [0.1, 0.15) is 5.82 Å². The number of aromatic amines is 1. The lowest BCUT2D eigenvalue weighted by Gasteiger charge is -2.06. The molecule has 104 valence electrons. The molecule has 0 spiro atoms. The van der Waals surface area contributed by atoms with Crippen LogP contribution in [-0.4, -0.2) is 26.7 Å². The molecule has 20 heavy (non-hydrogen) atoms. The van der Waals surface area contributed by atoms with Crippen molar-refractivity contribution in [3.63, 3.8) is 0 Å². The van der Waals surface area contributed by atoms with Crippen LogP contribution in [0.15, 0.2) is 30.5 Å². The molecular weight excluding hydrogens is 252 g/mol. The molecule has 1 aliphatic rings. The fraction of sp³-hybridized carbons (Fsp3) is 0.357. The zero-order valence-electron chi connectivity index (χ0n) is 11.5. The molecule has 2 aromatic heterocycles. The van der Waals surface area contributed by atoms with Gasteiger partial charge in [0.2, 0.25) is 5.95 Å². The summed E-state index contributed by atoms with van der Waals surface area (Å²) >= 11 is 0. The van der Waals surface area contributed by atoms with E-state index in [2.05, 4.69) is 37.4 Å². The zero-order chi connectivity index (χ0) is 13.9. The second-order valence-electron chi connectivity index (χ2n) is 5.18. The Balaban J connectivity index is 1.66. The molecule has 0 unspecified atom stereocenters. The lowest BCUT2D eigenvalue weighted by Crippen LogP contribution is -2.06. The van der Waals surface area contributed by atoms with Crippen LogP contribution in [0.5, 0.6) is 0 Å². The predicted molar refractivity (Wildman–Crippen MR) is 79.2 cm³/mol. The average Bonchev–Trinajstić information content (AvgIpc) is 3.18. The summed E-state index contributed by atoms with van der Waals surface area (Å²) < 4.78 is 0. The molecule has 0 aliphatic heterocycles. The Morgan fingerprint density at radius 3 is 3.05 bits per heavy atom. The number of hydrogen-bond donors (Lipinski definition) is 3. The summed E-state index contributed by atoms with van der Waals surface area (Å²) in [6.45, 7) is 6.46. The zero-order valence-corrected chi connectivity index (χ0v) is 11.5. The number of H-pyrrole nitrogens is 1. The highest BCUT2D eigenvalue weighted by Gasteiger charge is 2.25. The molecule has 2 aromatic rings. The van der Waals surface area contributed by atoms with E-state index < -0.39 is 0 Å².